The van der Waals surface area contributed by atoms with Crippen LogP contribution in [-0.4, -0.2) is 23.1 Å². The Labute approximate surface area is 131 Å². The number of ether oxygens (including phenoxy) is 1. The summed E-state index contributed by atoms with van der Waals surface area (Å²) in [7, 11) is 0. The number of hydrogen-bond donors (Lipinski definition) is 2. The standard InChI is InChI=1S/C16H22N2O2S/c1-9-10(2)20-11(3)14(9)16(19)18-8-12-5-4-6-13(7-12)15(17)21/h4-7,9-11,14H,8H2,1-3H3,(H2,17,21)(H,18,19). The lowest BCUT2D eigenvalue weighted by Gasteiger charge is -2.18. The van der Waals surface area contributed by atoms with Crippen molar-refractivity contribution in [3.05, 3.63) is 35.4 Å². The van der Waals surface area contributed by atoms with E-state index in [2.05, 4.69) is 12.2 Å². The maximum absolute atomic E-state index is 12.4. The second-order valence-electron chi connectivity index (χ2n) is 5.71. The van der Waals surface area contributed by atoms with Crippen LogP contribution in [0.4, 0.5) is 0 Å². The van der Waals surface area contributed by atoms with Crippen molar-refractivity contribution in [3.8, 4) is 0 Å². The molecule has 1 aliphatic heterocycles. The molecule has 1 amide bonds. The predicted molar refractivity (Wildman–Crippen MR) is 86.8 cm³/mol. The fourth-order valence-corrected chi connectivity index (χ4v) is 2.99. The van der Waals surface area contributed by atoms with Crippen LogP contribution in [0.25, 0.3) is 0 Å². The molecule has 3 N–H and O–H groups in total. The first-order valence-electron chi connectivity index (χ1n) is 7.22. The molecule has 4 nitrogen and oxygen atoms in total. The summed E-state index contributed by atoms with van der Waals surface area (Å²) < 4.78 is 5.72. The lowest BCUT2D eigenvalue weighted by atomic mass is 9.89. The van der Waals surface area contributed by atoms with Crippen LogP contribution in [0.1, 0.15) is 31.9 Å². The Balaban J connectivity index is 1.98. The maximum atomic E-state index is 12.4. The Morgan fingerprint density at radius 3 is 2.62 bits per heavy atom. The minimum atomic E-state index is -0.0984. The van der Waals surface area contributed by atoms with Gasteiger partial charge in [-0.1, -0.05) is 37.3 Å². The summed E-state index contributed by atoms with van der Waals surface area (Å²) in [4.78, 5) is 12.7. The van der Waals surface area contributed by atoms with Crippen molar-refractivity contribution in [3.63, 3.8) is 0 Å². The summed E-state index contributed by atoms with van der Waals surface area (Å²) in [5.74, 6) is 0.168. The number of carbonyl (C=O) groups is 1. The fourth-order valence-electron chi connectivity index (χ4n) is 2.86. The van der Waals surface area contributed by atoms with Crippen LogP contribution in [0, 0.1) is 11.8 Å². The van der Waals surface area contributed by atoms with Gasteiger partial charge in [0.05, 0.1) is 18.1 Å². The molecule has 1 aliphatic rings. The molecule has 0 radical (unpaired) electrons. The van der Waals surface area contributed by atoms with E-state index in [-0.39, 0.29) is 30.0 Å². The average molecular weight is 306 g/mol. The third-order valence-corrected chi connectivity index (χ3v) is 4.46. The SMILES string of the molecule is CC1OC(C)C(C(=O)NCc2cccc(C(N)=S)c2)C1C. The minimum Gasteiger partial charge on any atom is -0.389 e. The number of hydrogen-bond acceptors (Lipinski definition) is 3. The van der Waals surface area contributed by atoms with E-state index in [1.165, 1.54) is 0 Å². The monoisotopic (exact) mass is 306 g/mol. The van der Waals surface area contributed by atoms with Crippen LogP contribution in [0.5, 0.6) is 0 Å². The lowest BCUT2D eigenvalue weighted by Crippen LogP contribution is -2.36. The van der Waals surface area contributed by atoms with Crippen LogP contribution in [-0.2, 0) is 16.1 Å². The van der Waals surface area contributed by atoms with Crippen molar-refractivity contribution in [2.75, 3.05) is 0 Å². The molecule has 1 fully saturated rings. The van der Waals surface area contributed by atoms with Crippen LogP contribution in [0.3, 0.4) is 0 Å². The molecule has 1 aromatic rings. The van der Waals surface area contributed by atoms with Crippen molar-refractivity contribution >= 4 is 23.1 Å². The molecule has 21 heavy (non-hydrogen) atoms. The summed E-state index contributed by atoms with van der Waals surface area (Å²) in [6.07, 6.45) is 0.0756. The number of benzene rings is 1. The van der Waals surface area contributed by atoms with Gasteiger partial charge in [-0.3, -0.25) is 4.79 Å². The van der Waals surface area contributed by atoms with E-state index in [4.69, 9.17) is 22.7 Å². The van der Waals surface area contributed by atoms with Gasteiger partial charge < -0.3 is 15.8 Å². The first kappa shape index (κ1) is 15.9. The molecule has 5 heteroatoms. The second-order valence-corrected chi connectivity index (χ2v) is 6.15. The highest BCUT2D eigenvalue weighted by molar-refractivity contribution is 7.80. The van der Waals surface area contributed by atoms with E-state index in [1.807, 2.05) is 38.1 Å². The molecule has 1 aromatic carbocycles. The summed E-state index contributed by atoms with van der Waals surface area (Å²) in [5.41, 5.74) is 7.42. The molecule has 2 rings (SSSR count). The van der Waals surface area contributed by atoms with E-state index in [1.54, 1.807) is 0 Å². The van der Waals surface area contributed by atoms with E-state index >= 15 is 0 Å². The van der Waals surface area contributed by atoms with Crippen molar-refractivity contribution in [2.24, 2.45) is 17.6 Å². The lowest BCUT2D eigenvalue weighted by molar-refractivity contribution is -0.127. The van der Waals surface area contributed by atoms with Gasteiger partial charge in [0.15, 0.2) is 0 Å². The summed E-state index contributed by atoms with van der Waals surface area (Å²) >= 11 is 4.96. The Morgan fingerprint density at radius 1 is 1.33 bits per heavy atom. The third kappa shape index (κ3) is 3.60. The summed E-state index contributed by atoms with van der Waals surface area (Å²) in [6, 6.07) is 7.61. The van der Waals surface area contributed by atoms with Gasteiger partial charge in [-0.2, -0.15) is 0 Å². The molecule has 0 aliphatic carbocycles. The molecule has 4 atom stereocenters. The van der Waals surface area contributed by atoms with Crippen molar-refractivity contribution in [1.82, 2.24) is 5.32 Å². The maximum Gasteiger partial charge on any atom is 0.226 e. The highest BCUT2D eigenvalue weighted by Crippen LogP contribution is 2.32. The van der Waals surface area contributed by atoms with Crippen LogP contribution >= 0.6 is 12.2 Å². The Hall–Kier alpha value is -1.46. The van der Waals surface area contributed by atoms with Gasteiger partial charge in [0.2, 0.25) is 5.91 Å². The van der Waals surface area contributed by atoms with E-state index in [9.17, 15) is 4.79 Å². The Kier molecular flexibility index (Phi) is 4.96. The number of nitrogens with one attached hydrogen (secondary N) is 1. The number of thiocarbonyl (C=S) groups is 1. The quantitative estimate of drug-likeness (QED) is 0.835. The topological polar surface area (TPSA) is 64.3 Å². The summed E-state index contributed by atoms with van der Waals surface area (Å²) in [5, 5.41) is 2.99. The number of rotatable bonds is 4. The number of amides is 1. The highest BCUT2D eigenvalue weighted by atomic mass is 32.1. The van der Waals surface area contributed by atoms with Gasteiger partial charge in [-0.05, 0) is 31.4 Å². The van der Waals surface area contributed by atoms with Gasteiger partial charge >= 0.3 is 0 Å². The Bertz CT molecular complexity index is 547. The zero-order chi connectivity index (χ0) is 15.6. The molecule has 0 spiro atoms. The predicted octanol–water partition coefficient (Wildman–Crippen LogP) is 2.00. The molecule has 0 saturated carbocycles. The summed E-state index contributed by atoms with van der Waals surface area (Å²) in [6.45, 7) is 6.50. The van der Waals surface area contributed by atoms with E-state index < -0.39 is 0 Å². The Morgan fingerprint density at radius 2 is 2.05 bits per heavy atom. The zero-order valence-corrected chi connectivity index (χ0v) is 13.4. The van der Waals surface area contributed by atoms with Gasteiger partial charge in [-0.25, -0.2) is 0 Å². The largest absolute Gasteiger partial charge is 0.389 e. The smallest absolute Gasteiger partial charge is 0.226 e. The third-order valence-electron chi connectivity index (χ3n) is 4.22. The minimum absolute atomic E-state index is 0.0417. The average Bonchev–Trinajstić information content (AvgIpc) is 2.70. The fraction of sp³-hybridized carbons (Fsp3) is 0.500. The van der Waals surface area contributed by atoms with Crippen LogP contribution in [0.15, 0.2) is 24.3 Å². The molecular weight excluding hydrogens is 284 g/mol. The van der Waals surface area contributed by atoms with Crippen LogP contribution in [0.2, 0.25) is 0 Å². The molecule has 0 aromatic heterocycles. The first-order chi connectivity index (χ1) is 9.90. The molecule has 114 valence electrons. The molecule has 0 bridgehead atoms. The van der Waals surface area contributed by atoms with Gasteiger partial charge in [0.25, 0.3) is 0 Å². The number of carbonyl (C=O) groups excluding carboxylic acids is 1. The second kappa shape index (κ2) is 6.54. The van der Waals surface area contributed by atoms with Gasteiger partial charge in [-0.15, -0.1) is 0 Å². The number of nitrogens with two attached hydrogens (primary N) is 1. The highest BCUT2D eigenvalue weighted by Gasteiger charge is 2.41. The van der Waals surface area contributed by atoms with Gasteiger partial charge in [0.1, 0.15) is 4.99 Å². The first-order valence-corrected chi connectivity index (χ1v) is 7.63. The van der Waals surface area contributed by atoms with E-state index in [0.29, 0.717) is 11.5 Å². The van der Waals surface area contributed by atoms with Crippen molar-refractivity contribution < 1.29 is 9.53 Å². The van der Waals surface area contributed by atoms with Crippen LogP contribution < -0.4 is 11.1 Å². The van der Waals surface area contributed by atoms with E-state index in [0.717, 1.165) is 11.1 Å². The molecule has 1 heterocycles. The van der Waals surface area contributed by atoms with Gasteiger partial charge in [0, 0.05) is 12.1 Å². The molecule has 4 unspecified atom stereocenters. The zero-order valence-electron chi connectivity index (χ0n) is 12.6. The normalized spacial score (nSPS) is 28.3. The molecular formula is C16H22N2O2S. The van der Waals surface area contributed by atoms with Crippen molar-refractivity contribution in [2.45, 2.75) is 39.5 Å². The van der Waals surface area contributed by atoms with Crippen molar-refractivity contribution in [1.29, 1.82) is 0 Å². The molecule has 1 saturated heterocycles.